The molecule has 1 saturated heterocycles. The van der Waals surface area contributed by atoms with Gasteiger partial charge in [0.05, 0.1) is 0 Å². The highest BCUT2D eigenvalue weighted by molar-refractivity contribution is 7.99. The van der Waals surface area contributed by atoms with Crippen molar-refractivity contribution < 1.29 is 9.59 Å². The third-order valence-electron chi connectivity index (χ3n) is 12.9. The minimum Gasteiger partial charge on any atom is -0.358 e. The van der Waals surface area contributed by atoms with E-state index in [-0.39, 0.29) is 28.7 Å². The molecule has 238 valence electrons. The Morgan fingerprint density at radius 3 is 2.20 bits per heavy atom. The summed E-state index contributed by atoms with van der Waals surface area (Å²) in [5.41, 5.74) is 4.00. The van der Waals surface area contributed by atoms with Gasteiger partial charge < -0.3 is 15.2 Å². The Labute approximate surface area is 272 Å². The second-order valence-electron chi connectivity index (χ2n) is 16.1. The van der Waals surface area contributed by atoms with E-state index in [0.29, 0.717) is 18.9 Å². The van der Waals surface area contributed by atoms with E-state index in [9.17, 15) is 9.59 Å². The van der Waals surface area contributed by atoms with Crippen LogP contribution in [0.4, 0.5) is 0 Å². The van der Waals surface area contributed by atoms with Crippen LogP contribution in [0.2, 0.25) is 0 Å². The number of amides is 2. The summed E-state index contributed by atoms with van der Waals surface area (Å²) in [7, 11) is 0. The molecule has 45 heavy (non-hydrogen) atoms. The van der Waals surface area contributed by atoms with Gasteiger partial charge in [-0.3, -0.25) is 9.59 Å². The van der Waals surface area contributed by atoms with Gasteiger partial charge in [0.1, 0.15) is 5.54 Å². The van der Waals surface area contributed by atoms with E-state index in [2.05, 4.69) is 84.5 Å². The van der Waals surface area contributed by atoms with Gasteiger partial charge in [0.15, 0.2) is 0 Å². The predicted octanol–water partition coefficient (Wildman–Crippen LogP) is 7.99. The summed E-state index contributed by atoms with van der Waals surface area (Å²) in [6.45, 7) is 7.31. The van der Waals surface area contributed by atoms with Crippen LogP contribution in [0.25, 0.3) is 10.9 Å². The molecule has 0 radical (unpaired) electrons. The third-order valence-corrected chi connectivity index (χ3v) is 13.8. The maximum Gasteiger partial charge on any atom is 0.246 e. The van der Waals surface area contributed by atoms with Gasteiger partial charge in [0.25, 0.3) is 0 Å². The Morgan fingerprint density at radius 2 is 1.53 bits per heavy atom. The Hall–Kier alpha value is -2.73. The number of thioether (sulfide) groups is 1. The summed E-state index contributed by atoms with van der Waals surface area (Å²) >= 11 is 1.93. The molecular formula is C39H49N3O2S. The van der Waals surface area contributed by atoms with Gasteiger partial charge in [0.2, 0.25) is 11.8 Å². The van der Waals surface area contributed by atoms with Gasteiger partial charge in [-0.2, -0.15) is 11.8 Å². The fraction of sp³-hybridized carbons (Fsp3) is 0.590. The maximum absolute atomic E-state index is 14.9. The number of carbonyl (C=O) groups excluding carboxylic acids is 2. The lowest BCUT2D eigenvalue weighted by atomic mass is 9.53. The molecular weight excluding hydrogens is 575 g/mol. The fourth-order valence-corrected chi connectivity index (χ4v) is 12.1. The summed E-state index contributed by atoms with van der Waals surface area (Å²) in [4.78, 5) is 35.4. The van der Waals surface area contributed by atoms with Gasteiger partial charge in [-0.25, -0.2) is 0 Å². The van der Waals surface area contributed by atoms with E-state index in [0.717, 1.165) is 66.9 Å². The van der Waals surface area contributed by atoms with Crippen molar-refractivity contribution in [1.29, 1.82) is 0 Å². The smallest absolute Gasteiger partial charge is 0.246 e. The largest absolute Gasteiger partial charge is 0.358 e. The molecule has 2 amide bonds. The van der Waals surface area contributed by atoms with Gasteiger partial charge in [-0.05, 0) is 122 Å². The number of hydrogen-bond acceptors (Lipinski definition) is 3. The zero-order chi connectivity index (χ0) is 31.0. The van der Waals surface area contributed by atoms with Crippen LogP contribution in [0.15, 0.2) is 54.6 Å². The highest BCUT2D eigenvalue weighted by Gasteiger charge is 2.61. The average Bonchev–Trinajstić information content (AvgIpc) is 3.36. The Balaban J connectivity index is 1.11. The molecule has 1 aromatic heterocycles. The molecule has 6 aliphatic rings. The number of fused-ring (bicyclic) bond motifs is 1. The van der Waals surface area contributed by atoms with Crippen molar-refractivity contribution in [2.24, 2.45) is 29.1 Å². The molecule has 2 heterocycles. The minimum absolute atomic E-state index is 0.0147. The predicted molar refractivity (Wildman–Crippen MR) is 183 cm³/mol. The zero-order valence-electron chi connectivity index (χ0n) is 27.2. The number of para-hydroxylation sites is 1. The lowest BCUT2D eigenvalue weighted by Gasteiger charge is -2.58. The van der Waals surface area contributed by atoms with E-state index in [1.165, 1.54) is 41.4 Å². The molecule has 5 saturated carbocycles. The molecule has 9 rings (SSSR count). The van der Waals surface area contributed by atoms with Crippen molar-refractivity contribution in [2.45, 2.75) is 102 Å². The van der Waals surface area contributed by atoms with Gasteiger partial charge in [-0.1, -0.05) is 62.4 Å². The molecule has 4 bridgehead atoms. The third kappa shape index (κ3) is 5.05. The molecule has 2 aromatic carbocycles. The lowest BCUT2D eigenvalue weighted by molar-refractivity contribution is -0.153. The van der Waals surface area contributed by atoms with E-state index >= 15 is 0 Å². The Kier molecular flexibility index (Phi) is 7.20. The average molecular weight is 624 g/mol. The first kappa shape index (κ1) is 29.7. The molecule has 0 spiro atoms. The van der Waals surface area contributed by atoms with E-state index in [1.807, 2.05) is 17.8 Å². The number of aromatic nitrogens is 1. The van der Waals surface area contributed by atoms with Crippen LogP contribution >= 0.6 is 11.8 Å². The van der Waals surface area contributed by atoms with Crippen molar-refractivity contribution >= 4 is 34.5 Å². The summed E-state index contributed by atoms with van der Waals surface area (Å²) in [6.07, 6.45) is 9.37. The highest BCUT2D eigenvalue weighted by Crippen LogP contribution is 2.67. The van der Waals surface area contributed by atoms with Crippen LogP contribution in [0.3, 0.4) is 0 Å². The second-order valence-corrected chi connectivity index (χ2v) is 17.3. The number of nitrogens with zero attached hydrogens (tertiary/aromatic N) is 1. The molecule has 6 fully saturated rings. The Morgan fingerprint density at radius 1 is 0.911 bits per heavy atom. The molecule has 2 N–H and O–H groups in total. The summed E-state index contributed by atoms with van der Waals surface area (Å²) in [5, 5.41) is 5.03. The zero-order valence-corrected chi connectivity index (χ0v) is 28.1. The number of aromatic amines is 1. The van der Waals surface area contributed by atoms with Crippen molar-refractivity contribution in [3.05, 3.63) is 71.4 Å². The molecule has 3 aromatic rings. The topological polar surface area (TPSA) is 65.2 Å². The van der Waals surface area contributed by atoms with Crippen LogP contribution in [-0.2, 0) is 16.1 Å². The number of nitrogens with one attached hydrogen (secondary N) is 2. The Bertz CT molecular complexity index is 1570. The number of aryl methyl sites for hydroxylation is 1. The fourth-order valence-electron chi connectivity index (χ4n) is 10.9. The SMILES string of the molecule is Cc1[nH]c2ccccc2c1[C@H]1[C@@H](CC(=O)N(Cc2ccccc2)C2(C(=O)NC34CC5CC(CC(C5)C3)C4)CCSCC2)C1(C)C. The van der Waals surface area contributed by atoms with E-state index in [1.54, 1.807) is 0 Å². The van der Waals surface area contributed by atoms with Crippen molar-refractivity contribution in [3.63, 3.8) is 0 Å². The standard InChI is InChI=1S/C39H49N3O2S/c1-25-34(30-11-7-8-12-32(30)40-25)35-31(37(35,2)3)20-33(43)42(24-26-9-5-4-6-10-26)39(13-15-45-16-14-39)36(44)41-38-21-27-17-28(22-38)19-29(18-27)23-38/h4-12,27-29,31,35,40H,13-24H2,1-3H3,(H,41,44)/t27?,28?,29?,31-,35-,38?/m1/s1. The van der Waals surface area contributed by atoms with Crippen LogP contribution in [-0.4, -0.2) is 44.3 Å². The van der Waals surface area contributed by atoms with E-state index < -0.39 is 5.54 Å². The minimum atomic E-state index is -0.799. The normalized spacial score (nSPS) is 32.4. The summed E-state index contributed by atoms with van der Waals surface area (Å²) in [5.74, 6) is 4.95. The molecule has 5 aliphatic carbocycles. The molecule has 5 nitrogen and oxygen atoms in total. The summed E-state index contributed by atoms with van der Waals surface area (Å²) < 4.78 is 0. The molecule has 2 atom stereocenters. The first-order valence-electron chi connectivity index (χ1n) is 17.5. The number of H-pyrrole nitrogens is 1. The first-order valence-corrected chi connectivity index (χ1v) is 18.6. The van der Waals surface area contributed by atoms with Crippen molar-refractivity contribution in [2.75, 3.05) is 11.5 Å². The van der Waals surface area contributed by atoms with E-state index in [4.69, 9.17) is 0 Å². The number of carbonyl (C=O) groups is 2. The quantitative estimate of drug-likeness (QED) is 0.267. The molecule has 1 aliphatic heterocycles. The number of benzene rings is 2. The summed E-state index contributed by atoms with van der Waals surface area (Å²) in [6, 6.07) is 18.9. The second kappa shape index (κ2) is 10.9. The van der Waals surface area contributed by atoms with Crippen LogP contribution < -0.4 is 5.32 Å². The number of rotatable bonds is 8. The molecule has 0 unspecified atom stereocenters. The highest BCUT2D eigenvalue weighted by atomic mass is 32.2. The van der Waals surface area contributed by atoms with Crippen molar-refractivity contribution in [1.82, 2.24) is 15.2 Å². The van der Waals surface area contributed by atoms with Crippen LogP contribution in [0, 0.1) is 36.0 Å². The van der Waals surface area contributed by atoms with Gasteiger partial charge in [-0.15, -0.1) is 0 Å². The maximum atomic E-state index is 14.9. The van der Waals surface area contributed by atoms with Crippen LogP contribution in [0.5, 0.6) is 0 Å². The lowest BCUT2D eigenvalue weighted by Crippen LogP contribution is -2.68. The van der Waals surface area contributed by atoms with Crippen molar-refractivity contribution in [3.8, 4) is 0 Å². The monoisotopic (exact) mass is 623 g/mol. The number of hydrogen-bond donors (Lipinski definition) is 2. The van der Waals surface area contributed by atoms with Gasteiger partial charge >= 0.3 is 0 Å². The van der Waals surface area contributed by atoms with Crippen LogP contribution in [0.1, 0.15) is 94.4 Å². The molecule has 6 heteroatoms. The van der Waals surface area contributed by atoms with Gasteiger partial charge in [0, 0.05) is 35.1 Å². The first-order chi connectivity index (χ1) is 21.7.